The van der Waals surface area contributed by atoms with E-state index in [0.717, 1.165) is 5.92 Å². The van der Waals surface area contributed by atoms with Gasteiger partial charge in [0.2, 0.25) is 0 Å². The first-order chi connectivity index (χ1) is 5.29. The van der Waals surface area contributed by atoms with E-state index in [2.05, 4.69) is 0 Å². The van der Waals surface area contributed by atoms with Crippen molar-refractivity contribution in [2.24, 2.45) is 11.8 Å². The summed E-state index contributed by atoms with van der Waals surface area (Å²) in [7, 11) is 0. The number of carboxylic acids is 1. The molecule has 0 radical (unpaired) electrons. The van der Waals surface area contributed by atoms with Gasteiger partial charge in [0.05, 0.1) is 0 Å². The quantitative estimate of drug-likeness (QED) is 0.687. The molecule has 1 aliphatic carbocycles. The van der Waals surface area contributed by atoms with Gasteiger partial charge in [0.15, 0.2) is 0 Å². The van der Waals surface area contributed by atoms with Gasteiger partial charge < -0.3 is 5.11 Å². The molecule has 0 bridgehead atoms. The van der Waals surface area contributed by atoms with Crippen LogP contribution in [0.5, 0.6) is 0 Å². The van der Waals surface area contributed by atoms with Crippen LogP contribution >= 0.6 is 11.8 Å². The molecule has 0 spiro atoms. The van der Waals surface area contributed by atoms with Crippen molar-refractivity contribution in [1.82, 2.24) is 0 Å². The highest BCUT2D eigenvalue weighted by atomic mass is 32.2. The summed E-state index contributed by atoms with van der Waals surface area (Å²) in [4.78, 5) is 10.4. The van der Waals surface area contributed by atoms with Crippen LogP contribution in [0.3, 0.4) is 0 Å². The lowest BCUT2D eigenvalue weighted by Crippen LogP contribution is -1.97. The molecule has 1 saturated carbocycles. The van der Waals surface area contributed by atoms with E-state index in [4.69, 9.17) is 5.11 Å². The third-order valence-corrected chi connectivity index (χ3v) is 4.26. The number of rotatable bonds is 2. The lowest BCUT2D eigenvalue weighted by Gasteiger charge is -2.05. The molecule has 2 aliphatic rings. The Morgan fingerprint density at radius 1 is 1.64 bits per heavy atom. The summed E-state index contributed by atoms with van der Waals surface area (Å²) in [5.74, 6) is 1.90. The standard InChI is InChI=1S/C8H12O2S/c9-7(10)4-6-5-2-1-3-11-8(5)6/h5-6,8H,1-4H2,(H,9,10)/t5-,6?,8-/m1/s1. The van der Waals surface area contributed by atoms with Gasteiger partial charge in [-0.05, 0) is 30.4 Å². The monoisotopic (exact) mass is 172 g/mol. The average molecular weight is 172 g/mol. The van der Waals surface area contributed by atoms with E-state index in [1.54, 1.807) is 0 Å². The molecule has 2 nitrogen and oxygen atoms in total. The molecular weight excluding hydrogens is 160 g/mol. The van der Waals surface area contributed by atoms with Gasteiger partial charge in [-0.2, -0.15) is 11.8 Å². The fraction of sp³-hybridized carbons (Fsp3) is 0.875. The van der Waals surface area contributed by atoms with Gasteiger partial charge in [0, 0.05) is 11.7 Å². The molecule has 1 aliphatic heterocycles. The van der Waals surface area contributed by atoms with Crippen LogP contribution in [0, 0.1) is 11.8 Å². The fourth-order valence-electron chi connectivity index (χ4n) is 2.04. The highest BCUT2D eigenvalue weighted by Crippen LogP contribution is 2.55. The molecular formula is C8H12O2S. The van der Waals surface area contributed by atoms with E-state index in [-0.39, 0.29) is 0 Å². The van der Waals surface area contributed by atoms with E-state index >= 15 is 0 Å². The van der Waals surface area contributed by atoms with Crippen molar-refractivity contribution in [2.45, 2.75) is 24.5 Å². The highest BCUT2D eigenvalue weighted by Gasteiger charge is 2.51. The van der Waals surface area contributed by atoms with Crippen molar-refractivity contribution in [1.29, 1.82) is 0 Å². The van der Waals surface area contributed by atoms with Crippen LogP contribution in [0.1, 0.15) is 19.3 Å². The summed E-state index contributed by atoms with van der Waals surface area (Å²) >= 11 is 1.98. The maximum atomic E-state index is 10.4. The number of aliphatic carboxylic acids is 1. The Kier molecular flexibility index (Phi) is 1.83. The molecule has 1 unspecified atom stereocenters. The number of hydrogen-bond donors (Lipinski definition) is 1. The zero-order valence-electron chi connectivity index (χ0n) is 6.32. The summed E-state index contributed by atoms with van der Waals surface area (Å²) < 4.78 is 0. The molecule has 0 aromatic carbocycles. The minimum absolute atomic E-state index is 0.405. The second kappa shape index (κ2) is 2.70. The van der Waals surface area contributed by atoms with Crippen LogP contribution in [0.25, 0.3) is 0 Å². The van der Waals surface area contributed by atoms with Crippen molar-refractivity contribution >= 4 is 17.7 Å². The van der Waals surface area contributed by atoms with Gasteiger partial charge in [0.1, 0.15) is 0 Å². The van der Waals surface area contributed by atoms with E-state index in [1.165, 1.54) is 18.6 Å². The van der Waals surface area contributed by atoms with Crippen molar-refractivity contribution < 1.29 is 9.90 Å². The second-order valence-corrected chi connectivity index (χ2v) is 4.69. The Morgan fingerprint density at radius 3 is 3.00 bits per heavy atom. The van der Waals surface area contributed by atoms with Crippen LogP contribution in [0.4, 0.5) is 0 Å². The molecule has 1 heterocycles. The minimum Gasteiger partial charge on any atom is -0.481 e. The fourth-order valence-corrected chi connectivity index (χ4v) is 3.69. The average Bonchev–Trinajstić information content (AvgIpc) is 2.64. The zero-order valence-corrected chi connectivity index (χ0v) is 7.14. The summed E-state index contributed by atoms with van der Waals surface area (Å²) in [5.41, 5.74) is 0. The zero-order chi connectivity index (χ0) is 7.84. The van der Waals surface area contributed by atoms with Gasteiger partial charge in [-0.15, -0.1) is 0 Å². The van der Waals surface area contributed by atoms with Crippen LogP contribution in [0.2, 0.25) is 0 Å². The van der Waals surface area contributed by atoms with E-state index in [1.807, 2.05) is 11.8 Å². The Bertz CT molecular complexity index is 169. The minimum atomic E-state index is -0.620. The number of carboxylic acid groups (broad SMARTS) is 1. The van der Waals surface area contributed by atoms with Gasteiger partial charge in [-0.25, -0.2) is 0 Å². The predicted molar refractivity (Wildman–Crippen MR) is 44.7 cm³/mol. The molecule has 62 valence electrons. The van der Waals surface area contributed by atoms with Crippen molar-refractivity contribution in [2.75, 3.05) is 5.75 Å². The van der Waals surface area contributed by atoms with Crippen LogP contribution in [-0.2, 0) is 4.79 Å². The third-order valence-electron chi connectivity index (χ3n) is 2.66. The maximum absolute atomic E-state index is 10.4. The lowest BCUT2D eigenvalue weighted by atomic mass is 10.1. The Balaban J connectivity index is 1.85. The molecule has 0 amide bonds. The van der Waals surface area contributed by atoms with E-state index in [0.29, 0.717) is 17.6 Å². The van der Waals surface area contributed by atoms with E-state index < -0.39 is 5.97 Å². The van der Waals surface area contributed by atoms with E-state index in [9.17, 15) is 4.79 Å². The summed E-state index contributed by atoms with van der Waals surface area (Å²) in [5, 5.41) is 9.27. The molecule has 1 N–H and O–H groups in total. The number of carbonyl (C=O) groups is 1. The summed E-state index contributed by atoms with van der Waals surface area (Å²) in [6.45, 7) is 0. The van der Waals surface area contributed by atoms with Crippen LogP contribution in [0.15, 0.2) is 0 Å². The summed E-state index contributed by atoms with van der Waals surface area (Å²) in [6, 6.07) is 0. The predicted octanol–water partition coefficient (Wildman–Crippen LogP) is 1.60. The lowest BCUT2D eigenvalue weighted by molar-refractivity contribution is -0.137. The number of thioether (sulfide) groups is 1. The molecule has 0 aromatic heterocycles. The molecule has 0 aromatic rings. The van der Waals surface area contributed by atoms with Gasteiger partial charge >= 0.3 is 5.97 Å². The topological polar surface area (TPSA) is 37.3 Å². The summed E-state index contributed by atoms with van der Waals surface area (Å²) in [6.07, 6.45) is 2.97. The van der Waals surface area contributed by atoms with Gasteiger partial charge in [-0.3, -0.25) is 4.79 Å². The first-order valence-corrected chi connectivity index (χ1v) is 5.17. The normalized spacial score (nSPS) is 41.3. The Hall–Kier alpha value is -0.180. The van der Waals surface area contributed by atoms with Crippen LogP contribution in [-0.4, -0.2) is 22.1 Å². The SMILES string of the molecule is O=C(O)CC1[C@H]2CCCS[C@@H]12. The van der Waals surface area contributed by atoms with Crippen molar-refractivity contribution in [3.05, 3.63) is 0 Å². The smallest absolute Gasteiger partial charge is 0.303 e. The largest absolute Gasteiger partial charge is 0.481 e. The first kappa shape index (κ1) is 7.47. The second-order valence-electron chi connectivity index (χ2n) is 3.40. The maximum Gasteiger partial charge on any atom is 0.303 e. The number of hydrogen-bond acceptors (Lipinski definition) is 2. The highest BCUT2D eigenvalue weighted by molar-refractivity contribution is 8.00. The van der Waals surface area contributed by atoms with Crippen molar-refractivity contribution in [3.63, 3.8) is 0 Å². The molecule has 2 rings (SSSR count). The van der Waals surface area contributed by atoms with Gasteiger partial charge in [-0.1, -0.05) is 0 Å². The van der Waals surface area contributed by atoms with Crippen LogP contribution < -0.4 is 0 Å². The first-order valence-electron chi connectivity index (χ1n) is 4.12. The van der Waals surface area contributed by atoms with Gasteiger partial charge in [0.25, 0.3) is 0 Å². The molecule has 1 saturated heterocycles. The number of fused-ring (bicyclic) bond motifs is 1. The Morgan fingerprint density at radius 2 is 2.45 bits per heavy atom. The Labute approximate surface area is 70.4 Å². The molecule has 3 atom stereocenters. The third kappa shape index (κ3) is 1.39. The molecule has 2 fully saturated rings. The molecule has 3 heteroatoms. The van der Waals surface area contributed by atoms with Crippen molar-refractivity contribution in [3.8, 4) is 0 Å². The molecule has 11 heavy (non-hydrogen) atoms.